The molecule has 2 N–H and O–H groups in total. The number of hydrogen-bond donors (Lipinski definition) is 2. The van der Waals surface area contributed by atoms with Gasteiger partial charge < -0.3 is 5.32 Å². The predicted molar refractivity (Wildman–Crippen MR) is 64.6 cm³/mol. The summed E-state index contributed by atoms with van der Waals surface area (Å²) in [6, 6.07) is 2.02. The molecule has 0 fully saturated rings. The molecule has 18 heavy (non-hydrogen) atoms. The van der Waals surface area contributed by atoms with Gasteiger partial charge in [-0.25, -0.2) is 4.98 Å². The van der Waals surface area contributed by atoms with E-state index in [4.69, 9.17) is 0 Å². The summed E-state index contributed by atoms with van der Waals surface area (Å²) in [7, 11) is 0. The normalized spacial score (nSPS) is 11.9. The average Bonchev–Trinajstić information content (AvgIpc) is 2.88. The Hall–Kier alpha value is -2.49. The summed E-state index contributed by atoms with van der Waals surface area (Å²) < 4.78 is 0. The topological polar surface area (TPSA) is 103 Å². The van der Waals surface area contributed by atoms with Gasteiger partial charge in [0.05, 0.1) is 11.7 Å². The number of H-pyrrole nitrogens is 1. The lowest BCUT2D eigenvalue weighted by molar-refractivity contribution is 0.781. The summed E-state index contributed by atoms with van der Waals surface area (Å²) >= 11 is 0. The fourth-order valence-corrected chi connectivity index (χ4v) is 1.54. The number of aromatic amines is 1. The van der Waals surface area contributed by atoms with E-state index in [9.17, 15) is 5.26 Å². The molecule has 1 atom stereocenters. The highest BCUT2D eigenvalue weighted by atomic mass is 15.2. The minimum Gasteiger partial charge on any atom is -0.358 e. The smallest absolute Gasteiger partial charge is 0.167 e. The number of rotatable bonds is 3. The van der Waals surface area contributed by atoms with Crippen molar-refractivity contribution in [2.45, 2.75) is 26.8 Å². The molecule has 0 aliphatic rings. The molecule has 0 spiro atoms. The molecular weight excluding hydrogens is 230 g/mol. The lowest BCUT2D eigenvalue weighted by Gasteiger charge is -2.13. The molecule has 7 heteroatoms. The van der Waals surface area contributed by atoms with Gasteiger partial charge in [0.1, 0.15) is 23.8 Å². The molecule has 0 aliphatic heterocycles. The van der Waals surface area contributed by atoms with Crippen LogP contribution in [0.1, 0.15) is 35.6 Å². The molecule has 1 unspecified atom stereocenters. The summed E-state index contributed by atoms with van der Waals surface area (Å²) in [6.45, 7) is 5.58. The van der Waals surface area contributed by atoms with Gasteiger partial charge in [-0.05, 0) is 26.3 Å². The van der Waals surface area contributed by atoms with Gasteiger partial charge in [0.2, 0.25) is 0 Å². The van der Waals surface area contributed by atoms with E-state index in [-0.39, 0.29) is 6.04 Å². The molecule has 0 amide bonds. The molecule has 0 aromatic carbocycles. The van der Waals surface area contributed by atoms with Crippen LogP contribution in [0.15, 0.2) is 6.33 Å². The lowest BCUT2D eigenvalue weighted by Crippen LogP contribution is -2.13. The van der Waals surface area contributed by atoms with Crippen LogP contribution in [0.3, 0.4) is 0 Å². The summed E-state index contributed by atoms with van der Waals surface area (Å²) in [5, 5.41) is 26.8. The average molecular weight is 243 g/mol. The second-order valence-corrected chi connectivity index (χ2v) is 3.98. The van der Waals surface area contributed by atoms with Crippen molar-refractivity contribution in [3.05, 3.63) is 29.0 Å². The molecule has 0 saturated heterocycles. The van der Waals surface area contributed by atoms with Crippen LogP contribution < -0.4 is 5.32 Å². The maximum absolute atomic E-state index is 9.17. The molecule has 2 rings (SSSR count). The van der Waals surface area contributed by atoms with Gasteiger partial charge in [0.15, 0.2) is 5.82 Å². The molecule has 0 aliphatic carbocycles. The van der Waals surface area contributed by atoms with Crippen molar-refractivity contribution in [2.75, 3.05) is 5.32 Å². The third kappa shape index (κ3) is 2.13. The van der Waals surface area contributed by atoms with Crippen molar-refractivity contribution in [1.82, 2.24) is 25.4 Å². The Morgan fingerprint density at radius 3 is 2.78 bits per heavy atom. The predicted octanol–water partition coefficient (Wildman–Crippen LogP) is 1.26. The first-order valence-corrected chi connectivity index (χ1v) is 5.49. The number of hydrogen-bond acceptors (Lipinski definition) is 6. The van der Waals surface area contributed by atoms with E-state index in [1.165, 1.54) is 6.33 Å². The van der Waals surface area contributed by atoms with E-state index in [1.54, 1.807) is 0 Å². The standard InChI is InChI=1S/C11H13N7/c1-6-7(2)16-18-11(9(6)4-12)15-8(3)10-13-5-14-17-10/h5,8H,1-3H3,(H,15,18)(H,13,14,17). The van der Waals surface area contributed by atoms with Crippen molar-refractivity contribution < 1.29 is 0 Å². The largest absolute Gasteiger partial charge is 0.358 e. The Morgan fingerprint density at radius 2 is 2.17 bits per heavy atom. The summed E-state index contributed by atoms with van der Waals surface area (Å²) in [6.07, 6.45) is 1.44. The third-order valence-electron chi connectivity index (χ3n) is 2.76. The second-order valence-electron chi connectivity index (χ2n) is 3.98. The van der Waals surface area contributed by atoms with Crippen LogP contribution in [0.25, 0.3) is 0 Å². The van der Waals surface area contributed by atoms with E-state index in [0.29, 0.717) is 17.2 Å². The maximum atomic E-state index is 9.17. The molecule has 0 bridgehead atoms. The molecule has 0 saturated carbocycles. The Balaban J connectivity index is 2.30. The van der Waals surface area contributed by atoms with Crippen molar-refractivity contribution in [3.8, 4) is 6.07 Å². The molecule has 2 heterocycles. The first-order valence-electron chi connectivity index (χ1n) is 5.49. The van der Waals surface area contributed by atoms with Crippen LogP contribution in [0, 0.1) is 25.2 Å². The van der Waals surface area contributed by atoms with Gasteiger partial charge in [0, 0.05) is 0 Å². The van der Waals surface area contributed by atoms with Gasteiger partial charge in [-0.3, -0.25) is 5.10 Å². The minimum absolute atomic E-state index is 0.129. The van der Waals surface area contributed by atoms with Crippen LogP contribution in [-0.4, -0.2) is 25.4 Å². The van der Waals surface area contributed by atoms with Crippen molar-refractivity contribution in [3.63, 3.8) is 0 Å². The highest BCUT2D eigenvalue weighted by Crippen LogP contribution is 2.20. The molecule has 92 valence electrons. The highest BCUT2D eigenvalue weighted by Gasteiger charge is 2.15. The van der Waals surface area contributed by atoms with Crippen LogP contribution in [0.4, 0.5) is 5.82 Å². The SMILES string of the molecule is Cc1nnc(NC(C)c2ncn[nH]2)c(C#N)c1C. The van der Waals surface area contributed by atoms with Crippen LogP contribution >= 0.6 is 0 Å². The zero-order valence-corrected chi connectivity index (χ0v) is 10.4. The molecule has 7 nitrogen and oxygen atoms in total. The van der Waals surface area contributed by atoms with E-state index < -0.39 is 0 Å². The van der Waals surface area contributed by atoms with Gasteiger partial charge >= 0.3 is 0 Å². The maximum Gasteiger partial charge on any atom is 0.167 e. The Labute approximate surface area is 104 Å². The van der Waals surface area contributed by atoms with Crippen LogP contribution in [0.5, 0.6) is 0 Å². The van der Waals surface area contributed by atoms with Gasteiger partial charge in [-0.1, -0.05) is 0 Å². The summed E-state index contributed by atoms with van der Waals surface area (Å²) in [4.78, 5) is 4.05. The zero-order valence-electron chi connectivity index (χ0n) is 10.4. The monoisotopic (exact) mass is 243 g/mol. The number of anilines is 1. The number of nitrogens with one attached hydrogen (secondary N) is 2. The first-order chi connectivity index (χ1) is 8.63. The third-order valence-corrected chi connectivity index (χ3v) is 2.76. The van der Waals surface area contributed by atoms with Crippen molar-refractivity contribution in [1.29, 1.82) is 5.26 Å². The van der Waals surface area contributed by atoms with Crippen molar-refractivity contribution >= 4 is 5.82 Å². The number of nitrogens with zero attached hydrogens (tertiary/aromatic N) is 5. The number of aryl methyl sites for hydroxylation is 1. The van der Waals surface area contributed by atoms with Crippen LogP contribution in [-0.2, 0) is 0 Å². The summed E-state index contributed by atoms with van der Waals surface area (Å²) in [5.74, 6) is 1.14. The van der Waals surface area contributed by atoms with Crippen LogP contribution in [0.2, 0.25) is 0 Å². The zero-order chi connectivity index (χ0) is 13.1. The Bertz CT molecular complexity index is 582. The molecule has 0 radical (unpaired) electrons. The number of nitriles is 1. The molecular formula is C11H13N7. The Morgan fingerprint density at radius 1 is 1.39 bits per heavy atom. The fourth-order valence-electron chi connectivity index (χ4n) is 1.54. The van der Waals surface area contributed by atoms with E-state index in [2.05, 4.69) is 36.8 Å². The van der Waals surface area contributed by atoms with E-state index in [1.807, 2.05) is 20.8 Å². The van der Waals surface area contributed by atoms with E-state index in [0.717, 1.165) is 11.3 Å². The van der Waals surface area contributed by atoms with Gasteiger partial charge in [0.25, 0.3) is 0 Å². The fraction of sp³-hybridized carbons (Fsp3) is 0.364. The highest BCUT2D eigenvalue weighted by molar-refractivity contribution is 5.56. The number of aromatic nitrogens is 5. The Kier molecular flexibility index (Phi) is 3.19. The molecule has 2 aromatic heterocycles. The van der Waals surface area contributed by atoms with Gasteiger partial charge in [-0.2, -0.15) is 15.5 Å². The minimum atomic E-state index is -0.129. The molecule has 2 aromatic rings. The van der Waals surface area contributed by atoms with Crippen molar-refractivity contribution in [2.24, 2.45) is 0 Å². The first kappa shape index (κ1) is 12.0. The van der Waals surface area contributed by atoms with Gasteiger partial charge in [-0.15, -0.1) is 5.10 Å². The lowest BCUT2D eigenvalue weighted by atomic mass is 10.1. The quantitative estimate of drug-likeness (QED) is 0.841. The summed E-state index contributed by atoms with van der Waals surface area (Å²) in [5.41, 5.74) is 2.10. The second kappa shape index (κ2) is 4.79. The van der Waals surface area contributed by atoms with E-state index >= 15 is 0 Å².